The summed E-state index contributed by atoms with van der Waals surface area (Å²) in [6.45, 7) is 4.50. The van der Waals surface area contributed by atoms with E-state index in [-0.39, 0.29) is 11.2 Å². The summed E-state index contributed by atoms with van der Waals surface area (Å²) in [6, 6.07) is 7.89. The van der Waals surface area contributed by atoms with Crippen LogP contribution in [0.2, 0.25) is 0 Å². The predicted molar refractivity (Wildman–Crippen MR) is 91.9 cm³/mol. The second-order valence-corrected chi connectivity index (χ2v) is 7.35. The molecule has 0 aliphatic rings. The first-order valence-electron chi connectivity index (χ1n) is 7.08. The van der Waals surface area contributed by atoms with Gasteiger partial charge in [-0.15, -0.1) is 11.3 Å². The summed E-state index contributed by atoms with van der Waals surface area (Å²) >= 11 is 3.08. The Labute approximate surface area is 139 Å². The number of thioether (sulfide) groups is 1. The lowest BCUT2D eigenvalue weighted by atomic mass is 10.1. The second-order valence-electron chi connectivity index (χ2n) is 4.90. The summed E-state index contributed by atoms with van der Waals surface area (Å²) in [4.78, 5) is 16.4. The maximum Gasteiger partial charge on any atom is 0.233 e. The average Bonchev–Trinajstić information content (AvgIpc) is 2.93. The number of amides is 1. The molecule has 6 heteroatoms. The molecule has 0 spiro atoms. The number of methoxy groups -OCH3 is 1. The number of aryl methyl sites for hydroxylation is 1. The molecule has 22 heavy (non-hydrogen) atoms. The van der Waals surface area contributed by atoms with Crippen molar-refractivity contribution < 1.29 is 9.53 Å². The zero-order chi connectivity index (χ0) is 15.9. The van der Waals surface area contributed by atoms with Crippen molar-refractivity contribution >= 4 is 29.0 Å². The minimum absolute atomic E-state index is 0.0476. The Kier molecular flexibility index (Phi) is 6.27. The van der Waals surface area contributed by atoms with Gasteiger partial charge in [0, 0.05) is 17.6 Å². The third-order valence-electron chi connectivity index (χ3n) is 3.12. The highest BCUT2D eigenvalue weighted by molar-refractivity contribution is 8.02. The number of carbonyl (C=O) groups excluding carboxylic acids is 1. The average molecular weight is 336 g/mol. The van der Waals surface area contributed by atoms with E-state index in [4.69, 9.17) is 4.74 Å². The largest absolute Gasteiger partial charge is 0.497 e. The van der Waals surface area contributed by atoms with Gasteiger partial charge in [-0.2, -0.15) is 0 Å². The van der Waals surface area contributed by atoms with Crippen LogP contribution in [0.3, 0.4) is 0 Å². The van der Waals surface area contributed by atoms with Crippen LogP contribution in [0.15, 0.2) is 34.0 Å². The molecule has 2 rings (SSSR count). The van der Waals surface area contributed by atoms with Crippen molar-refractivity contribution in [2.24, 2.45) is 0 Å². The number of rotatable bonds is 7. The van der Waals surface area contributed by atoms with E-state index in [0.29, 0.717) is 6.54 Å². The molecule has 0 bridgehead atoms. The van der Waals surface area contributed by atoms with Gasteiger partial charge in [0.25, 0.3) is 0 Å². The Balaban J connectivity index is 1.74. The Morgan fingerprint density at radius 2 is 2.14 bits per heavy atom. The maximum atomic E-state index is 12.1. The molecular weight excluding hydrogens is 316 g/mol. The summed E-state index contributed by atoms with van der Waals surface area (Å²) in [7, 11) is 1.65. The Morgan fingerprint density at radius 3 is 2.73 bits per heavy atom. The number of hydrogen-bond acceptors (Lipinski definition) is 5. The molecule has 0 saturated carbocycles. The first-order valence-corrected chi connectivity index (χ1v) is 8.84. The fourth-order valence-corrected chi connectivity index (χ4v) is 3.87. The molecule has 0 aliphatic heterocycles. The molecule has 1 aromatic carbocycles. The van der Waals surface area contributed by atoms with Crippen LogP contribution in [0.4, 0.5) is 0 Å². The predicted octanol–water partition coefficient (Wildman–Crippen LogP) is 3.30. The summed E-state index contributed by atoms with van der Waals surface area (Å²) < 4.78 is 6.06. The van der Waals surface area contributed by atoms with E-state index in [0.717, 1.165) is 22.2 Å². The van der Waals surface area contributed by atoms with Crippen LogP contribution < -0.4 is 10.1 Å². The van der Waals surface area contributed by atoms with Gasteiger partial charge in [-0.3, -0.25) is 4.79 Å². The van der Waals surface area contributed by atoms with Gasteiger partial charge >= 0.3 is 0 Å². The van der Waals surface area contributed by atoms with E-state index in [1.165, 1.54) is 17.3 Å². The summed E-state index contributed by atoms with van der Waals surface area (Å²) in [5.74, 6) is 0.892. The molecule has 118 valence electrons. The first-order chi connectivity index (χ1) is 10.6. The van der Waals surface area contributed by atoms with Crippen LogP contribution in [-0.2, 0) is 11.2 Å². The number of benzene rings is 1. The molecular formula is C16H20N2O2S2. The van der Waals surface area contributed by atoms with Gasteiger partial charge in [0.15, 0.2) is 4.34 Å². The molecule has 0 unspecified atom stereocenters. The third-order valence-corrected chi connectivity index (χ3v) is 5.31. The van der Waals surface area contributed by atoms with Gasteiger partial charge in [-0.25, -0.2) is 4.98 Å². The van der Waals surface area contributed by atoms with Crippen molar-refractivity contribution in [1.29, 1.82) is 0 Å². The van der Waals surface area contributed by atoms with Crippen LogP contribution in [0, 0.1) is 6.92 Å². The molecule has 0 aliphatic carbocycles. The summed E-state index contributed by atoms with van der Waals surface area (Å²) in [5.41, 5.74) is 2.18. The van der Waals surface area contributed by atoms with Crippen LogP contribution in [0.5, 0.6) is 5.75 Å². The summed E-state index contributed by atoms with van der Waals surface area (Å²) in [5, 5.41) is 4.83. The van der Waals surface area contributed by atoms with Crippen molar-refractivity contribution in [2.75, 3.05) is 13.7 Å². The van der Waals surface area contributed by atoms with Crippen molar-refractivity contribution in [3.8, 4) is 5.75 Å². The Morgan fingerprint density at radius 1 is 1.41 bits per heavy atom. The normalized spacial score (nSPS) is 12.0. The molecule has 0 fully saturated rings. The van der Waals surface area contributed by atoms with Gasteiger partial charge in [-0.05, 0) is 38.0 Å². The molecule has 1 amide bonds. The number of nitrogens with zero attached hydrogens (tertiary/aromatic N) is 1. The lowest BCUT2D eigenvalue weighted by Crippen LogP contribution is -2.32. The highest BCUT2D eigenvalue weighted by Crippen LogP contribution is 2.26. The van der Waals surface area contributed by atoms with Gasteiger partial charge in [0.1, 0.15) is 5.75 Å². The molecule has 2 aromatic rings. The number of aromatic nitrogens is 1. The van der Waals surface area contributed by atoms with E-state index in [9.17, 15) is 4.79 Å². The van der Waals surface area contributed by atoms with Crippen LogP contribution in [-0.4, -0.2) is 29.8 Å². The molecule has 1 atom stereocenters. The minimum atomic E-state index is -0.138. The van der Waals surface area contributed by atoms with Crippen LogP contribution in [0.25, 0.3) is 0 Å². The lowest BCUT2D eigenvalue weighted by Gasteiger charge is -2.10. The molecule has 4 nitrogen and oxygen atoms in total. The standard InChI is InChI=1S/C16H20N2O2S2/c1-11-10-21-16(18-11)22-12(2)15(19)17-9-8-13-4-6-14(20-3)7-5-13/h4-7,10,12H,8-9H2,1-3H3,(H,17,19)/t12-/m0/s1. The van der Waals surface area contributed by atoms with E-state index in [1.807, 2.05) is 43.5 Å². The maximum absolute atomic E-state index is 12.1. The highest BCUT2D eigenvalue weighted by atomic mass is 32.2. The number of nitrogens with one attached hydrogen (secondary N) is 1. The first kappa shape index (κ1) is 16.8. The minimum Gasteiger partial charge on any atom is -0.497 e. The van der Waals surface area contributed by atoms with Gasteiger partial charge in [0.05, 0.1) is 12.4 Å². The molecule has 0 saturated heterocycles. The second kappa shape index (κ2) is 8.19. The Hall–Kier alpha value is -1.53. The SMILES string of the molecule is COc1ccc(CCNC(=O)[C@H](C)Sc2nc(C)cs2)cc1. The number of ether oxygens (including phenoxy) is 1. The highest BCUT2D eigenvalue weighted by Gasteiger charge is 2.15. The third kappa shape index (κ3) is 5.03. The van der Waals surface area contributed by atoms with Crippen molar-refractivity contribution in [3.63, 3.8) is 0 Å². The van der Waals surface area contributed by atoms with Crippen molar-refractivity contribution in [1.82, 2.24) is 10.3 Å². The fourth-order valence-electron chi connectivity index (χ4n) is 1.86. The topological polar surface area (TPSA) is 51.2 Å². The Bertz CT molecular complexity index is 611. The van der Waals surface area contributed by atoms with Crippen LogP contribution >= 0.6 is 23.1 Å². The molecule has 0 radical (unpaired) electrons. The van der Waals surface area contributed by atoms with E-state index in [2.05, 4.69) is 10.3 Å². The summed E-state index contributed by atoms with van der Waals surface area (Å²) in [6.07, 6.45) is 0.809. The van der Waals surface area contributed by atoms with E-state index >= 15 is 0 Å². The lowest BCUT2D eigenvalue weighted by molar-refractivity contribution is -0.120. The monoisotopic (exact) mass is 336 g/mol. The zero-order valence-electron chi connectivity index (χ0n) is 13.0. The van der Waals surface area contributed by atoms with E-state index in [1.54, 1.807) is 18.4 Å². The molecule has 1 N–H and O–H groups in total. The van der Waals surface area contributed by atoms with Crippen molar-refractivity contribution in [3.05, 3.63) is 40.9 Å². The van der Waals surface area contributed by atoms with Gasteiger partial charge in [0.2, 0.25) is 5.91 Å². The van der Waals surface area contributed by atoms with Crippen LogP contribution in [0.1, 0.15) is 18.2 Å². The number of carbonyl (C=O) groups is 1. The van der Waals surface area contributed by atoms with Crippen molar-refractivity contribution in [2.45, 2.75) is 29.9 Å². The number of hydrogen-bond donors (Lipinski definition) is 1. The van der Waals surface area contributed by atoms with Gasteiger partial charge in [-0.1, -0.05) is 23.9 Å². The smallest absolute Gasteiger partial charge is 0.233 e. The fraction of sp³-hybridized carbons (Fsp3) is 0.375. The molecule has 1 heterocycles. The quantitative estimate of drug-likeness (QED) is 0.788. The zero-order valence-corrected chi connectivity index (χ0v) is 14.6. The van der Waals surface area contributed by atoms with Gasteiger partial charge < -0.3 is 10.1 Å². The number of thiazole rings is 1. The molecule has 1 aromatic heterocycles. The van der Waals surface area contributed by atoms with E-state index < -0.39 is 0 Å².